The minimum atomic E-state index is -0.455. The van der Waals surface area contributed by atoms with Crippen LogP contribution >= 0.6 is 0 Å². The Bertz CT molecular complexity index is 602. The third-order valence-electron chi connectivity index (χ3n) is 2.69. The topological polar surface area (TPSA) is 57.4 Å². The second kappa shape index (κ2) is 6.23. The van der Waals surface area contributed by atoms with Gasteiger partial charge < -0.3 is 15.2 Å². The first-order chi connectivity index (χ1) is 9.61. The number of rotatable bonds is 5. The molecule has 2 aromatic rings. The Morgan fingerprint density at radius 3 is 2.85 bits per heavy atom. The number of aryl methyl sites for hydroxylation is 1. The maximum Gasteiger partial charge on any atom is 0.257 e. The molecule has 0 fully saturated rings. The van der Waals surface area contributed by atoms with Crippen molar-refractivity contribution in [3.63, 3.8) is 0 Å². The number of hydrogen-bond donors (Lipinski definition) is 1. The molecule has 0 radical (unpaired) electrons. The third-order valence-corrected chi connectivity index (χ3v) is 2.69. The number of anilines is 1. The van der Waals surface area contributed by atoms with E-state index in [1.807, 2.05) is 6.92 Å². The maximum atomic E-state index is 13.3. The van der Waals surface area contributed by atoms with Crippen LogP contribution in [-0.4, -0.2) is 11.6 Å². The van der Waals surface area contributed by atoms with Gasteiger partial charge in [-0.25, -0.2) is 9.37 Å². The van der Waals surface area contributed by atoms with Crippen molar-refractivity contribution in [1.82, 2.24) is 4.98 Å². The highest BCUT2D eigenvalue weighted by molar-refractivity contribution is 5.51. The lowest BCUT2D eigenvalue weighted by molar-refractivity contribution is 0.289. The zero-order valence-corrected chi connectivity index (χ0v) is 11.5. The van der Waals surface area contributed by atoms with Gasteiger partial charge in [0.2, 0.25) is 0 Å². The summed E-state index contributed by atoms with van der Waals surface area (Å²) in [4.78, 5) is 4.13. The first kappa shape index (κ1) is 14.1. The summed E-state index contributed by atoms with van der Waals surface area (Å²) in [6.07, 6.45) is 2.50. The number of aromatic nitrogens is 1. The molecule has 0 amide bonds. The van der Waals surface area contributed by atoms with E-state index in [0.29, 0.717) is 29.5 Å². The molecule has 0 unspecified atom stereocenters. The Balaban J connectivity index is 2.28. The van der Waals surface area contributed by atoms with Crippen molar-refractivity contribution in [2.75, 3.05) is 12.3 Å². The highest BCUT2D eigenvalue weighted by Crippen LogP contribution is 2.33. The van der Waals surface area contributed by atoms with E-state index in [4.69, 9.17) is 15.2 Å². The standard InChI is InChI=1S/C15H17FN2O2/c1-3-7-19-15-13(5-4-6-18-15)20-14-9-12(17)11(16)8-10(14)2/h4-6,8-9H,3,7,17H2,1-2H3. The fourth-order valence-electron chi connectivity index (χ4n) is 1.66. The predicted octanol–water partition coefficient (Wildman–Crippen LogP) is 3.69. The fourth-order valence-corrected chi connectivity index (χ4v) is 1.66. The van der Waals surface area contributed by atoms with Gasteiger partial charge in [-0.2, -0.15) is 0 Å². The fraction of sp³-hybridized carbons (Fsp3) is 0.267. The molecule has 0 saturated heterocycles. The molecule has 2 N–H and O–H groups in total. The van der Waals surface area contributed by atoms with Crippen molar-refractivity contribution in [3.05, 3.63) is 41.8 Å². The van der Waals surface area contributed by atoms with Gasteiger partial charge in [0.25, 0.3) is 5.88 Å². The van der Waals surface area contributed by atoms with Gasteiger partial charge in [-0.05, 0) is 37.1 Å². The summed E-state index contributed by atoms with van der Waals surface area (Å²) in [6.45, 7) is 4.31. The van der Waals surface area contributed by atoms with E-state index < -0.39 is 5.82 Å². The first-order valence-electron chi connectivity index (χ1n) is 6.43. The monoisotopic (exact) mass is 276 g/mol. The Morgan fingerprint density at radius 1 is 1.30 bits per heavy atom. The van der Waals surface area contributed by atoms with Crippen molar-refractivity contribution in [3.8, 4) is 17.4 Å². The average molecular weight is 276 g/mol. The molecule has 0 bridgehead atoms. The van der Waals surface area contributed by atoms with Gasteiger partial charge in [0.15, 0.2) is 5.75 Å². The van der Waals surface area contributed by atoms with Gasteiger partial charge in [-0.1, -0.05) is 6.92 Å². The number of pyridine rings is 1. The van der Waals surface area contributed by atoms with Crippen molar-refractivity contribution < 1.29 is 13.9 Å². The molecule has 0 aliphatic rings. The highest BCUT2D eigenvalue weighted by Gasteiger charge is 2.11. The van der Waals surface area contributed by atoms with E-state index >= 15 is 0 Å². The van der Waals surface area contributed by atoms with Crippen LogP contribution in [0.25, 0.3) is 0 Å². The third kappa shape index (κ3) is 3.17. The molecule has 0 aliphatic carbocycles. The van der Waals surface area contributed by atoms with Crippen LogP contribution in [0.4, 0.5) is 10.1 Å². The van der Waals surface area contributed by atoms with E-state index in [0.717, 1.165) is 6.42 Å². The largest absolute Gasteiger partial charge is 0.475 e. The smallest absolute Gasteiger partial charge is 0.257 e. The van der Waals surface area contributed by atoms with Crippen LogP contribution in [0.1, 0.15) is 18.9 Å². The van der Waals surface area contributed by atoms with Crippen LogP contribution in [0.3, 0.4) is 0 Å². The first-order valence-corrected chi connectivity index (χ1v) is 6.43. The Morgan fingerprint density at radius 2 is 2.10 bits per heavy atom. The second-order valence-corrected chi connectivity index (χ2v) is 4.40. The molecule has 0 atom stereocenters. The van der Waals surface area contributed by atoms with E-state index in [-0.39, 0.29) is 5.69 Å². The SMILES string of the molecule is CCCOc1ncccc1Oc1cc(N)c(F)cc1C. The molecular formula is C15H17FN2O2. The van der Waals surface area contributed by atoms with Gasteiger partial charge in [0.1, 0.15) is 11.6 Å². The molecule has 0 spiro atoms. The summed E-state index contributed by atoms with van der Waals surface area (Å²) in [5.74, 6) is 0.924. The predicted molar refractivity (Wildman–Crippen MR) is 75.6 cm³/mol. The molecule has 4 nitrogen and oxygen atoms in total. The van der Waals surface area contributed by atoms with Crippen molar-refractivity contribution >= 4 is 5.69 Å². The van der Waals surface area contributed by atoms with Crippen LogP contribution in [0.2, 0.25) is 0 Å². The summed E-state index contributed by atoms with van der Waals surface area (Å²) in [5.41, 5.74) is 6.26. The minimum absolute atomic E-state index is 0.0468. The highest BCUT2D eigenvalue weighted by atomic mass is 19.1. The summed E-state index contributed by atoms with van der Waals surface area (Å²) in [6, 6.07) is 6.29. The molecule has 2 rings (SSSR count). The maximum absolute atomic E-state index is 13.3. The number of hydrogen-bond acceptors (Lipinski definition) is 4. The van der Waals surface area contributed by atoms with Gasteiger partial charge in [-0.3, -0.25) is 0 Å². The number of nitrogens with zero attached hydrogens (tertiary/aromatic N) is 1. The number of halogens is 1. The molecule has 1 heterocycles. The Hall–Kier alpha value is -2.30. The van der Waals surface area contributed by atoms with Crippen molar-refractivity contribution in [1.29, 1.82) is 0 Å². The summed E-state index contributed by atoms with van der Waals surface area (Å²) < 4.78 is 24.6. The number of benzene rings is 1. The average Bonchev–Trinajstić information content (AvgIpc) is 2.44. The molecule has 106 valence electrons. The molecule has 0 saturated carbocycles. The molecular weight excluding hydrogens is 259 g/mol. The number of ether oxygens (including phenoxy) is 2. The Kier molecular flexibility index (Phi) is 4.40. The second-order valence-electron chi connectivity index (χ2n) is 4.40. The van der Waals surface area contributed by atoms with Crippen molar-refractivity contribution in [2.45, 2.75) is 20.3 Å². The molecule has 20 heavy (non-hydrogen) atoms. The lowest BCUT2D eigenvalue weighted by atomic mass is 10.2. The molecule has 5 heteroatoms. The van der Waals surface area contributed by atoms with Crippen LogP contribution in [0.15, 0.2) is 30.5 Å². The minimum Gasteiger partial charge on any atom is -0.475 e. The quantitative estimate of drug-likeness (QED) is 0.846. The van der Waals surface area contributed by atoms with E-state index in [2.05, 4.69) is 4.98 Å². The normalized spacial score (nSPS) is 10.3. The summed E-state index contributed by atoms with van der Waals surface area (Å²) >= 11 is 0. The summed E-state index contributed by atoms with van der Waals surface area (Å²) in [7, 11) is 0. The molecule has 1 aromatic carbocycles. The zero-order valence-electron chi connectivity index (χ0n) is 11.5. The van der Waals surface area contributed by atoms with Crippen LogP contribution < -0.4 is 15.2 Å². The van der Waals surface area contributed by atoms with Gasteiger partial charge in [-0.15, -0.1) is 0 Å². The van der Waals surface area contributed by atoms with Gasteiger partial charge >= 0.3 is 0 Å². The van der Waals surface area contributed by atoms with E-state index in [1.165, 1.54) is 12.1 Å². The number of nitrogen functional groups attached to an aromatic ring is 1. The van der Waals surface area contributed by atoms with E-state index in [9.17, 15) is 4.39 Å². The van der Waals surface area contributed by atoms with Gasteiger partial charge in [0, 0.05) is 12.3 Å². The summed E-state index contributed by atoms with van der Waals surface area (Å²) in [5, 5.41) is 0. The van der Waals surface area contributed by atoms with E-state index in [1.54, 1.807) is 25.3 Å². The van der Waals surface area contributed by atoms with Gasteiger partial charge in [0.05, 0.1) is 12.3 Å². The Labute approximate surface area is 117 Å². The lowest BCUT2D eigenvalue weighted by Gasteiger charge is -2.13. The van der Waals surface area contributed by atoms with Crippen LogP contribution in [-0.2, 0) is 0 Å². The molecule has 0 aliphatic heterocycles. The van der Waals surface area contributed by atoms with Crippen LogP contribution in [0, 0.1) is 12.7 Å². The lowest BCUT2D eigenvalue weighted by Crippen LogP contribution is -2.00. The zero-order chi connectivity index (χ0) is 14.5. The number of nitrogens with two attached hydrogens (primary N) is 1. The molecule has 1 aromatic heterocycles. The van der Waals surface area contributed by atoms with Crippen molar-refractivity contribution in [2.24, 2.45) is 0 Å². The van der Waals surface area contributed by atoms with Crippen LogP contribution in [0.5, 0.6) is 17.4 Å².